The number of aliphatic imine (C=N–C) groups is 1. The van der Waals surface area contributed by atoms with Gasteiger partial charge in [-0.05, 0) is 48.9 Å². The first-order valence-corrected chi connectivity index (χ1v) is 11.0. The summed E-state index contributed by atoms with van der Waals surface area (Å²) < 4.78 is 17.2. The minimum atomic E-state index is 0. The Labute approximate surface area is 196 Å². The van der Waals surface area contributed by atoms with Crippen LogP contribution in [0.4, 0.5) is 0 Å². The Balaban J connectivity index is 0.00000218. The molecule has 1 spiro atoms. The van der Waals surface area contributed by atoms with Gasteiger partial charge >= 0.3 is 0 Å². The zero-order chi connectivity index (χ0) is 20.0. The molecule has 6 nitrogen and oxygen atoms in total. The van der Waals surface area contributed by atoms with Gasteiger partial charge in [0.25, 0.3) is 0 Å². The van der Waals surface area contributed by atoms with Gasteiger partial charge in [-0.2, -0.15) is 0 Å². The summed E-state index contributed by atoms with van der Waals surface area (Å²) in [6.45, 7) is 2.73. The summed E-state index contributed by atoms with van der Waals surface area (Å²) in [7, 11) is 5.31. The van der Waals surface area contributed by atoms with Gasteiger partial charge in [0.15, 0.2) is 17.5 Å². The van der Waals surface area contributed by atoms with Gasteiger partial charge in [-0.1, -0.05) is 12.8 Å². The summed E-state index contributed by atoms with van der Waals surface area (Å²) in [5, 5.41) is 3.90. The number of nitrogens with zero attached hydrogens (tertiary/aromatic N) is 2. The van der Waals surface area contributed by atoms with Gasteiger partial charge in [0, 0.05) is 44.1 Å². The Hall–Kier alpha value is -1.22. The van der Waals surface area contributed by atoms with E-state index < -0.39 is 0 Å². The molecule has 4 aliphatic rings. The van der Waals surface area contributed by atoms with E-state index in [0.717, 1.165) is 43.6 Å². The standard InChI is InChI=1S/C23H33N3O3.HI/c1-24-22(25-20-17-7-11-29-21(17)23(20)8-4-5-9-23)26-10-6-15-12-18(27-2)19(28-3)13-16(15)14-26;/h12-13,17,20-21H,4-11,14H2,1-3H3,(H,24,25);1H. The lowest BCUT2D eigenvalue weighted by atomic mass is 9.54. The zero-order valence-corrected chi connectivity index (χ0v) is 20.6. The van der Waals surface area contributed by atoms with Crippen LogP contribution in [0, 0.1) is 11.3 Å². The van der Waals surface area contributed by atoms with Crippen molar-refractivity contribution in [3.8, 4) is 11.5 Å². The minimum absolute atomic E-state index is 0. The predicted octanol–water partition coefficient (Wildman–Crippen LogP) is 3.60. The van der Waals surface area contributed by atoms with E-state index >= 15 is 0 Å². The van der Waals surface area contributed by atoms with Crippen LogP contribution in [0.1, 0.15) is 43.2 Å². The second kappa shape index (κ2) is 8.73. The van der Waals surface area contributed by atoms with Crippen molar-refractivity contribution in [2.75, 3.05) is 34.4 Å². The number of guanidine groups is 1. The topological polar surface area (TPSA) is 55.3 Å². The number of fused-ring (bicyclic) bond motifs is 3. The van der Waals surface area contributed by atoms with E-state index in [0.29, 0.717) is 23.5 Å². The minimum Gasteiger partial charge on any atom is -0.493 e. The lowest BCUT2D eigenvalue weighted by Gasteiger charge is -2.57. The number of ether oxygens (including phenoxy) is 3. The Morgan fingerprint density at radius 2 is 1.87 bits per heavy atom. The smallest absolute Gasteiger partial charge is 0.194 e. The zero-order valence-electron chi connectivity index (χ0n) is 18.3. The molecule has 1 aromatic rings. The molecule has 5 rings (SSSR count). The van der Waals surface area contributed by atoms with Crippen LogP contribution in [0.3, 0.4) is 0 Å². The molecule has 1 saturated heterocycles. The van der Waals surface area contributed by atoms with E-state index in [2.05, 4.69) is 27.3 Å². The first-order chi connectivity index (χ1) is 14.2. The second-order valence-corrected chi connectivity index (χ2v) is 9.00. The maximum absolute atomic E-state index is 6.16. The molecule has 0 radical (unpaired) electrons. The molecule has 3 fully saturated rings. The first-order valence-electron chi connectivity index (χ1n) is 11.0. The molecule has 2 aliphatic carbocycles. The van der Waals surface area contributed by atoms with Crippen LogP contribution >= 0.6 is 24.0 Å². The summed E-state index contributed by atoms with van der Waals surface area (Å²) in [6.07, 6.45) is 7.90. The van der Waals surface area contributed by atoms with Crippen molar-refractivity contribution in [1.29, 1.82) is 0 Å². The largest absolute Gasteiger partial charge is 0.493 e. The van der Waals surface area contributed by atoms with Crippen LogP contribution in [0.25, 0.3) is 0 Å². The fourth-order valence-corrected chi connectivity index (χ4v) is 6.40. The molecule has 3 atom stereocenters. The van der Waals surface area contributed by atoms with Crippen LogP contribution in [0.2, 0.25) is 0 Å². The number of methoxy groups -OCH3 is 2. The molecule has 1 aromatic carbocycles. The molecule has 0 amide bonds. The molecule has 2 aliphatic heterocycles. The normalized spacial score (nSPS) is 29.0. The number of halogens is 1. The van der Waals surface area contributed by atoms with Crippen molar-refractivity contribution in [3.63, 3.8) is 0 Å². The van der Waals surface area contributed by atoms with Gasteiger partial charge in [-0.25, -0.2) is 0 Å². The number of rotatable bonds is 3. The highest BCUT2D eigenvalue weighted by atomic mass is 127. The third-order valence-corrected chi connectivity index (χ3v) is 7.80. The highest BCUT2D eigenvalue weighted by Gasteiger charge is 2.65. The molecule has 166 valence electrons. The van der Waals surface area contributed by atoms with Gasteiger partial charge in [-0.3, -0.25) is 4.99 Å². The molecular weight excluding hydrogens is 493 g/mol. The lowest BCUT2D eigenvalue weighted by Crippen LogP contribution is -2.69. The first kappa shape index (κ1) is 22.0. The van der Waals surface area contributed by atoms with Crippen LogP contribution in [-0.4, -0.2) is 57.4 Å². The SMILES string of the molecule is CN=C(NC1C2CCOC2C12CCCC2)N1CCc2cc(OC)c(OC)cc2C1.I. The van der Waals surface area contributed by atoms with Crippen LogP contribution < -0.4 is 14.8 Å². The summed E-state index contributed by atoms with van der Waals surface area (Å²) >= 11 is 0. The number of benzene rings is 1. The average molecular weight is 527 g/mol. The third-order valence-electron chi connectivity index (χ3n) is 7.80. The summed E-state index contributed by atoms with van der Waals surface area (Å²) in [5.74, 6) is 3.29. The molecule has 30 heavy (non-hydrogen) atoms. The summed E-state index contributed by atoms with van der Waals surface area (Å²) in [6, 6.07) is 4.75. The highest BCUT2D eigenvalue weighted by molar-refractivity contribution is 14.0. The van der Waals surface area contributed by atoms with Gasteiger partial charge < -0.3 is 24.4 Å². The fraction of sp³-hybridized carbons (Fsp3) is 0.696. The van der Waals surface area contributed by atoms with Crippen molar-refractivity contribution in [2.24, 2.45) is 16.3 Å². The van der Waals surface area contributed by atoms with Crippen molar-refractivity contribution in [3.05, 3.63) is 23.3 Å². The summed E-state index contributed by atoms with van der Waals surface area (Å²) in [4.78, 5) is 7.08. The highest BCUT2D eigenvalue weighted by Crippen LogP contribution is 2.60. The third kappa shape index (κ3) is 3.36. The maximum atomic E-state index is 6.16. The van der Waals surface area contributed by atoms with Crippen molar-refractivity contribution in [2.45, 2.75) is 57.2 Å². The fourth-order valence-electron chi connectivity index (χ4n) is 6.40. The molecule has 0 bridgehead atoms. The lowest BCUT2D eigenvalue weighted by molar-refractivity contribution is -0.125. The van der Waals surface area contributed by atoms with Gasteiger partial charge in [-0.15, -0.1) is 24.0 Å². The van der Waals surface area contributed by atoms with E-state index in [4.69, 9.17) is 14.2 Å². The predicted molar refractivity (Wildman–Crippen MR) is 128 cm³/mol. The van der Waals surface area contributed by atoms with E-state index in [9.17, 15) is 0 Å². The Bertz CT molecular complexity index is 809. The maximum Gasteiger partial charge on any atom is 0.194 e. The number of hydrogen-bond acceptors (Lipinski definition) is 4. The van der Waals surface area contributed by atoms with Crippen LogP contribution in [-0.2, 0) is 17.7 Å². The monoisotopic (exact) mass is 527 g/mol. The number of hydrogen-bond donors (Lipinski definition) is 1. The van der Waals surface area contributed by atoms with E-state index in [1.165, 1.54) is 43.2 Å². The Morgan fingerprint density at radius 1 is 1.17 bits per heavy atom. The average Bonchev–Trinajstić information content (AvgIpc) is 3.42. The Kier molecular flexibility index (Phi) is 6.40. The Morgan fingerprint density at radius 3 is 2.53 bits per heavy atom. The van der Waals surface area contributed by atoms with Crippen LogP contribution in [0.5, 0.6) is 11.5 Å². The molecule has 0 aromatic heterocycles. The van der Waals surface area contributed by atoms with E-state index in [1.807, 2.05) is 7.05 Å². The quantitative estimate of drug-likeness (QED) is 0.370. The van der Waals surface area contributed by atoms with Crippen molar-refractivity contribution in [1.82, 2.24) is 10.2 Å². The molecule has 2 saturated carbocycles. The molecule has 2 heterocycles. The second-order valence-electron chi connectivity index (χ2n) is 9.00. The molecule has 3 unspecified atom stereocenters. The molecular formula is C23H34IN3O3. The van der Waals surface area contributed by atoms with Crippen LogP contribution in [0.15, 0.2) is 17.1 Å². The molecule has 7 heteroatoms. The van der Waals surface area contributed by atoms with Crippen molar-refractivity contribution >= 4 is 29.9 Å². The van der Waals surface area contributed by atoms with Crippen molar-refractivity contribution < 1.29 is 14.2 Å². The van der Waals surface area contributed by atoms with Gasteiger partial charge in [0.1, 0.15) is 0 Å². The number of nitrogens with one attached hydrogen (secondary N) is 1. The van der Waals surface area contributed by atoms with Gasteiger partial charge in [0.05, 0.1) is 20.3 Å². The molecule has 1 N–H and O–H groups in total. The summed E-state index contributed by atoms with van der Waals surface area (Å²) in [5.41, 5.74) is 2.97. The van der Waals surface area contributed by atoms with Gasteiger partial charge in [0.2, 0.25) is 0 Å². The van der Waals surface area contributed by atoms with E-state index in [-0.39, 0.29) is 24.0 Å². The van der Waals surface area contributed by atoms with E-state index in [1.54, 1.807) is 14.2 Å².